The number of aryl methyl sites for hydroxylation is 1. The van der Waals surface area contributed by atoms with Crippen LogP contribution in [0.15, 0.2) is 71.9 Å². The van der Waals surface area contributed by atoms with Crippen LogP contribution in [0.4, 0.5) is 10.5 Å². The number of unbranched alkanes of at least 4 members (excludes halogenated alkanes) is 3. The van der Waals surface area contributed by atoms with Crippen molar-refractivity contribution in [3.05, 3.63) is 89.5 Å². The Morgan fingerprint density at radius 1 is 1.00 bits per heavy atom. The van der Waals surface area contributed by atoms with Crippen LogP contribution in [-0.4, -0.2) is 44.8 Å². The minimum absolute atomic E-state index is 0.0841. The minimum Gasteiger partial charge on any atom is -0.448 e. The molecule has 11 nitrogen and oxygen atoms in total. The van der Waals surface area contributed by atoms with E-state index in [2.05, 4.69) is 22.2 Å². The summed E-state index contributed by atoms with van der Waals surface area (Å²) < 4.78 is 7.10. The van der Waals surface area contributed by atoms with Crippen LogP contribution in [0, 0.1) is 0 Å². The van der Waals surface area contributed by atoms with E-state index in [0.717, 1.165) is 42.7 Å². The van der Waals surface area contributed by atoms with Crippen LogP contribution in [0.3, 0.4) is 0 Å². The second-order valence-electron chi connectivity index (χ2n) is 10.6. The number of carbonyl (C=O) groups is 3. The van der Waals surface area contributed by atoms with Crippen molar-refractivity contribution in [1.29, 1.82) is 0 Å². The fraction of sp³-hybridized carbons (Fsp3) is 0.333. The van der Waals surface area contributed by atoms with Crippen LogP contribution in [0.2, 0.25) is 0 Å². The van der Waals surface area contributed by atoms with Crippen LogP contribution in [-0.2, 0) is 23.1 Å². The maximum absolute atomic E-state index is 13.5. The fourth-order valence-corrected chi connectivity index (χ4v) is 4.87. The van der Waals surface area contributed by atoms with Crippen molar-refractivity contribution >= 4 is 40.3 Å². The molecule has 2 aromatic heterocycles. The summed E-state index contributed by atoms with van der Waals surface area (Å²) in [5, 5.41) is 3.34. The number of nitrogens with zero attached hydrogens (tertiary/aromatic N) is 4. The summed E-state index contributed by atoms with van der Waals surface area (Å²) in [6.07, 6.45) is 5.35. The molecule has 4 rings (SSSR count). The van der Waals surface area contributed by atoms with Gasteiger partial charge in [0, 0.05) is 36.5 Å². The average molecular weight is 598 g/mol. The molecule has 230 valence electrons. The van der Waals surface area contributed by atoms with Gasteiger partial charge in [0.05, 0.1) is 35.8 Å². The van der Waals surface area contributed by atoms with Crippen LogP contribution in [0.1, 0.15) is 78.8 Å². The normalized spacial score (nSPS) is 12.2. The van der Waals surface area contributed by atoms with Crippen LogP contribution < -0.4 is 16.8 Å². The summed E-state index contributed by atoms with van der Waals surface area (Å²) in [4.78, 5) is 49.9. The standard InChI is InChI=1S/C33H39N7O4/c1-3-4-5-8-19-44-33(43)39-32(35)22-10-13-24(14-11-22)37-21-30-38-27-20-23(12-16-28(27)40(30)2)31(42)25(15-17-29(34)41)26-9-6-7-18-36-26/h6-7,9-14,16,18,20,25,37H,3-5,8,15,17,19,21H2,1-2H3,(H2,34,41)(H2,35,39,43). The number of amides is 2. The number of primary amides is 1. The maximum Gasteiger partial charge on any atom is 0.435 e. The van der Waals surface area contributed by atoms with E-state index in [1.54, 1.807) is 42.6 Å². The lowest BCUT2D eigenvalue weighted by atomic mass is 9.89. The number of anilines is 1. The van der Waals surface area contributed by atoms with Gasteiger partial charge in [0.15, 0.2) is 5.78 Å². The molecule has 0 spiro atoms. The maximum atomic E-state index is 13.5. The predicted octanol–water partition coefficient (Wildman–Crippen LogP) is 5.23. The summed E-state index contributed by atoms with van der Waals surface area (Å²) >= 11 is 0. The number of Topliss-reactive ketones (excluding diaryl/α,β-unsaturated/α-hetero) is 1. The highest BCUT2D eigenvalue weighted by Crippen LogP contribution is 2.26. The van der Waals surface area contributed by atoms with Gasteiger partial charge in [-0.3, -0.25) is 14.6 Å². The zero-order valence-corrected chi connectivity index (χ0v) is 25.2. The van der Waals surface area contributed by atoms with Gasteiger partial charge in [0.25, 0.3) is 0 Å². The Morgan fingerprint density at radius 3 is 2.48 bits per heavy atom. The lowest BCUT2D eigenvalue weighted by Gasteiger charge is -2.15. The Morgan fingerprint density at radius 2 is 1.77 bits per heavy atom. The van der Waals surface area contributed by atoms with Gasteiger partial charge in [-0.25, -0.2) is 9.78 Å². The van der Waals surface area contributed by atoms with Gasteiger partial charge >= 0.3 is 6.09 Å². The molecule has 0 fully saturated rings. The predicted molar refractivity (Wildman–Crippen MR) is 170 cm³/mol. The number of amidine groups is 1. The third-order valence-electron chi connectivity index (χ3n) is 7.37. The number of aliphatic imine (C=N–C) groups is 1. The number of pyridine rings is 1. The first kappa shape index (κ1) is 31.9. The molecule has 4 aromatic rings. The van der Waals surface area contributed by atoms with Crippen molar-refractivity contribution in [2.24, 2.45) is 23.5 Å². The number of ketones is 1. The number of ether oxygens (including phenoxy) is 1. The highest BCUT2D eigenvalue weighted by molar-refractivity contribution is 6.03. The first-order chi connectivity index (χ1) is 21.3. The Hall–Kier alpha value is -5.06. The van der Waals surface area contributed by atoms with Crippen molar-refractivity contribution in [3.8, 4) is 0 Å². The van der Waals surface area contributed by atoms with Gasteiger partial charge in [-0.1, -0.05) is 32.3 Å². The summed E-state index contributed by atoms with van der Waals surface area (Å²) in [5.74, 6) is -0.327. The van der Waals surface area contributed by atoms with Gasteiger partial charge in [-0.05, 0) is 67.4 Å². The first-order valence-corrected chi connectivity index (χ1v) is 14.8. The lowest BCUT2D eigenvalue weighted by molar-refractivity contribution is -0.118. The van der Waals surface area contributed by atoms with E-state index in [1.807, 2.05) is 35.9 Å². The largest absolute Gasteiger partial charge is 0.448 e. The number of hydrogen-bond donors (Lipinski definition) is 3. The molecule has 2 amide bonds. The summed E-state index contributed by atoms with van der Waals surface area (Å²) in [7, 11) is 1.92. The molecule has 2 aromatic carbocycles. The fourth-order valence-electron chi connectivity index (χ4n) is 4.87. The number of nitrogens with two attached hydrogens (primary N) is 2. The lowest BCUT2D eigenvalue weighted by Crippen LogP contribution is -2.18. The van der Waals surface area contributed by atoms with Crippen molar-refractivity contribution in [1.82, 2.24) is 14.5 Å². The Labute approximate surface area is 256 Å². The van der Waals surface area contributed by atoms with E-state index in [0.29, 0.717) is 35.5 Å². The van der Waals surface area contributed by atoms with Gasteiger partial charge < -0.3 is 26.1 Å². The van der Waals surface area contributed by atoms with Gasteiger partial charge in [-0.2, -0.15) is 4.99 Å². The third-order valence-corrected chi connectivity index (χ3v) is 7.37. The van der Waals surface area contributed by atoms with E-state index < -0.39 is 17.9 Å². The number of fused-ring (bicyclic) bond motifs is 1. The Bertz CT molecular complexity index is 1610. The van der Waals surface area contributed by atoms with Crippen molar-refractivity contribution in [2.45, 2.75) is 57.9 Å². The van der Waals surface area contributed by atoms with Gasteiger partial charge in [0.1, 0.15) is 11.7 Å². The molecule has 0 bridgehead atoms. The molecule has 0 radical (unpaired) electrons. The minimum atomic E-state index is -0.689. The smallest absolute Gasteiger partial charge is 0.435 e. The van der Waals surface area contributed by atoms with Crippen LogP contribution in [0.5, 0.6) is 0 Å². The molecular formula is C33H39N7O4. The van der Waals surface area contributed by atoms with E-state index in [1.165, 1.54) is 0 Å². The molecule has 11 heteroatoms. The summed E-state index contributed by atoms with van der Waals surface area (Å²) in [6, 6.07) is 18.0. The monoisotopic (exact) mass is 597 g/mol. The molecule has 0 saturated carbocycles. The second-order valence-corrected chi connectivity index (χ2v) is 10.6. The van der Waals surface area contributed by atoms with E-state index in [9.17, 15) is 14.4 Å². The number of nitrogens with one attached hydrogen (secondary N) is 1. The van der Waals surface area contributed by atoms with Crippen LogP contribution >= 0.6 is 0 Å². The van der Waals surface area contributed by atoms with Gasteiger partial charge in [-0.15, -0.1) is 0 Å². The second kappa shape index (κ2) is 15.4. The van der Waals surface area contributed by atoms with E-state index in [-0.39, 0.29) is 24.5 Å². The molecule has 1 atom stereocenters. The molecule has 1 unspecified atom stereocenters. The highest BCUT2D eigenvalue weighted by atomic mass is 16.5. The Balaban J connectivity index is 1.40. The summed E-state index contributed by atoms with van der Waals surface area (Å²) in [5.41, 5.74) is 15.5. The SMILES string of the molecule is CCCCCCOC(=O)N=C(N)c1ccc(NCc2nc3cc(C(=O)C(CCC(N)=O)c4ccccn4)ccc3n2C)cc1. The number of carbonyl (C=O) groups excluding carboxylic acids is 3. The average Bonchev–Trinajstić information content (AvgIpc) is 3.34. The van der Waals surface area contributed by atoms with Crippen molar-refractivity contribution in [2.75, 3.05) is 11.9 Å². The van der Waals surface area contributed by atoms with Gasteiger partial charge in [0.2, 0.25) is 5.91 Å². The highest BCUT2D eigenvalue weighted by Gasteiger charge is 2.24. The molecule has 0 aliphatic heterocycles. The van der Waals surface area contributed by atoms with E-state index in [4.69, 9.17) is 21.2 Å². The van der Waals surface area contributed by atoms with Crippen molar-refractivity contribution < 1.29 is 19.1 Å². The topological polar surface area (TPSA) is 168 Å². The summed E-state index contributed by atoms with van der Waals surface area (Å²) in [6.45, 7) is 2.88. The number of aromatic nitrogens is 3. The zero-order valence-electron chi connectivity index (χ0n) is 25.2. The number of benzene rings is 2. The van der Waals surface area contributed by atoms with Crippen LogP contribution in [0.25, 0.3) is 11.0 Å². The molecule has 0 aliphatic carbocycles. The number of rotatable bonds is 15. The zero-order chi connectivity index (χ0) is 31.5. The Kier molecular flexibility index (Phi) is 11.2. The molecule has 0 aliphatic rings. The third kappa shape index (κ3) is 8.50. The molecule has 2 heterocycles. The molecule has 44 heavy (non-hydrogen) atoms. The van der Waals surface area contributed by atoms with E-state index >= 15 is 0 Å². The number of imidazole rings is 1. The molecule has 0 saturated heterocycles. The quantitative estimate of drug-likeness (QED) is 0.0724. The molecular weight excluding hydrogens is 558 g/mol. The first-order valence-electron chi connectivity index (χ1n) is 14.8. The number of hydrogen-bond acceptors (Lipinski definition) is 7. The van der Waals surface area contributed by atoms with Crippen molar-refractivity contribution in [3.63, 3.8) is 0 Å². The molecule has 5 N–H and O–H groups in total.